The fourth-order valence-corrected chi connectivity index (χ4v) is 6.36. The third kappa shape index (κ3) is 7.20. The summed E-state index contributed by atoms with van der Waals surface area (Å²) in [5.41, 5.74) is 4.82. The second kappa shape index (κ2) is 12.8. The number of primary amides is 1. The largest absolute Gasteiger partial charge is 0.486 e. The molecular formula is C28H26ClF4N3O6S. The number of aliphatic hydroxyl groups is 1. The number of pyridine rings is 1. The molecule has 0 bridgehead atoms. The number of ether oxygens (including phenoxy) is 2. The number of hydrogen-bond donors (Lipinski definition) is 2. The third-order valence-electron chi connectivity index (χ3n) is 6.41. The first-order valence-electron chi connectivity index (χ1n) is 12.8. The van der Waals surface area contributed by atoms with Crippen LogP contribution in [-0.4, -0.2) is 50.3 Å². The number of fused-ring (bicyclic) bond motifs is 1. The van der Waals surface area contributed by atoms with Crippen LogP contribution in [0.25, 0.3) is 11.6 Å². The van der Waals surface area contributed by atoms with Gasteiger partial charge in [-0.1, -0.05) is 29.8 Å². The van der Waals surface area contributed by atoms with Crippen LogP contribution in [0.15, 0.2) is 53.6 Å². The van der Waals surface area contributed by atoms with Crippen molar-refractivity contribution in [2.24, 2.45) is 5.73 Å². The number of anilines is 1. The monoisotopic (exact) mass is 643 g/mol. The van der Waals surface area contributed by atoms with E-state index in [-0.39, 0.29) is 34.9 Å². The number of alkyl halides is 3. The van der Waals surface area contributed by atoms with Gasteiger partial charge in [0.25, 0.3) is 10.0 Å². The highest BCUT2D eigenvalue weighted by molar-refractivity contribution is 7.93. The molecule has 43 heavy (non-hydrogen) atoms. The van der Waals surface area contributed by atoms with E-state index in [1.807, 2.05) is 0 Å². The van der Waals surface area contributed by atoms with E-state index in [0.717, 1.165) is 4.31 Å². The molecule has 0 radical (unpaired) electrons. The van der Waals surface area contributed by atoms with Crippen LogP contribution in [0.1, 0.15) is 36.5 Å². The second-order valence-electron chi connectivity index (χ2n) is 9.53. The number of hydrogen-bond acceptors (Lipinski definition) is 7. The SMILES string of the molecule is C/C(=C\c1ccc2c(c1)N(S(=O)(=O)c1cc(C(F)(F)F)cnc1OCCO)C[C@H](CCC(N)=O)O2)c1c(F)cccc1Cl. The zero-order valence-electron chi connectivity index (χ0n) is 22.6. The predicted octanol–water partition coefficient (Wildman–Crippen LogP) is 5.05. The zero-order valence-corrected chi connectivity index (χ0v) is 24.1. The summed E-state index contributed by atoms with van der Waals surface area (Å²) in [7, 11) is -4.84. The molecular weight excluding hydrogens is 618 g/mol. The molecule has 0 spiro atoms. The molecule has 2 heterocycles. The van der Waals surface area contributed by atoms with Crippen molar-refractivity contribution in [2.45, 2.75) is 36.9 Å². The Balaban J connectivity index is 1.86. The molecule has 3 aromatic rings. The summed E-state index contributed by atoms with van der Waals surface area (Å²) in [5, 5.41) is 9.31. The van der Waals surface area contributed by atoms with Crippen LogP contribution in [-0.2, 0) is 21.0 Å². The highest BCUT2D eigenvalue weighted by Crippen LogP contribution is 2.42. The second-order valence-corrected chi connectivity index (χ2v) is 11.8. The Hall–Kier alpha value is -3.88. The first kappa shape index (κ1) is 32.0. The van der Waals surface area contributed by atoms with E-state index in [1.54, 1.807) is 19.1 Å². The summed E-state index contributed by atoms with van der Waals surface area (Å²) in [5.74, 6) is -1.82. The standard InChI is InChI=1S/C28H26ClF4N3O6S/c1-16(26-20(29)3-2-4-21(26)30)11-17-5-7-23-22(12-17)36(15-19(42-23)6-8-25(34)38)43(39,40)24-13-18(28(31,32)33)14-35-27(24)41-10-9-37/h2-5,7,11-14,19,37H,6,8-10,15H2,1H3,(H2,34,38)/b16-11+/t19-/m0/s1. The molecule has 0 unspecified atom stereocenters. The van der Waals surface area contributed by atoms with Crippen LogP contribution in [0.3, 0.4) is 0 Å². The van der Waals surface area contributed by atoms with Gasteiger partial charge in [-0.2, -0.15) is 13.2 Å². The van der Waals surface area contributed by atoms with E-state index < -0.39 is 70.1 Å². The molecule has 9 nitrogen and oxygen atoms in total. The molecule has 1 amide bonds. The number of benzene rings is 2. The van der Waals surface area contributed by atoms with Gasteiger partial charge in [0.15, 0.2) is 4.90 Å². The van der Waals surface area contributed by atoms with Crippen molar-refractivity contribution < 1.29 is 45.4 Å². The molecule has 0 saturated carbocycles. The lowest BCUT2D eigenvalue weighted by Crippen LogP contribution is -2.44. The highest BCUT2D eigenvalue weighted by Gasteiger charge is 2.39. The number of aromatic nitrogens is 1. The number of carbonyl (C=O) groups excluding carboxylic acids is 1. The lowest BCUT2D eigenvalue weighted by atomic mass is 10.0. The van der Waals surface area contributed by atoms with E-state index in [4.69, 9.17) is 31.9 Å². The number of amides is 1. The summed E-state index contributed by atoms with van der Waals surface area (Å²) >= 11 is 6.19. The molecule has 0 saturated heterocycles. The number of nitrogens with two attached hydrogens (primary N) is 1. The topological polar surface area (TPSA) is 132 Å². The minimum atomic E-state index is -4.93. The van der Waals surface area contributed by atoms with Crippen molar-refractivity contribution in [1.29, 1.82) is 0 Å². The van der Waals surface area contributed by atoms with Crippen molar-refractivity contribution in [2.75, 3.05) is 24.1 Å². The average molecular weight is 644 g/mol. The molecule has 0 aliphatic carbocycles. The Morgan fingerprint density at radius 1 is 1.28 bits per heavy atom. The lowest BCUT2D eigenvalue weighted by molar-refractivity contribution is -0.138. The van der Waals surface area contributed by atoms with Gasteiger partial charge in [0, 0.05) is 18.2 Å². The minimum Gasteiger partial charge on any atom is -0.486 e. The number of rotatable bonds is 10. The lowest BCUT2D eigenvalue weighted by Gasteiger charge is -2.36. The van der Waals surface area contributed by atoms with Gasteiger partial charge in [-0.15, -0.1) is 0 Å². The molecule has 1 aliphatic rings. The average Bonchev–Trinajstić information content (AvgIpc) is 2.93. The molecule has 230 valence electrons. The van der Waals surface area contributed by atoms with E-state index in [1.165, 1.54) is 30.3 Å². The minimum absolute atomic E-state index is 0.0159. The molecule has 1 aliphatic heterocycles. The maximum atomic E-state index is 14.5. The highest BCUT2D eigenvalue weighted by atomic mass is 35.5. The van der Waals surface area contributed by atoms with Gasteiger partial charge < -0.3 is 20.3 Å². The van der Waals surface area contributed by atoms with Crippen LogP contribution in [0, 0.1) is 5.82 Å². The molecule has 15 heteroatoms. The Morgan fingerprint density at radius 2 is 2.02 bits per heavy atom. The third-order valence-corrected chi connectivity index (χ3v) is 8.50. The van der Waals surface area contributed by atoms with Gasteiger partial charge in [0.05, 0.1) is 29.4 Å². The summed E-state index contributed by atoms with van der Waals surface area (Å²) in [6.07, 6.45) is -3.97. The van der Waals surface area contributed by atoms with Gasteiger partial charge in [0.2, 0.25) is 11.8 Å². The molecule has 2 aromatic carbocycles. The van der Waals surface area contributed by atoms with Gasteiger partial charge in [-0.05, 0) is 54.8 Å². The smallest absolute Gasteiger partial charge is 0.417 e. The van der Waals surface area contributed by atoms with Crippen LogP contribution >= 0.6 is 11.6 Å². The van der Waals surface area contributed by atoms with Gasteiger partial charge in [0.1, 0.15) is 24.3 Å². The van der Waals surface area contributed by atoms with Crippen molar-refractivity contribution in [3.63, 3.8) is 0 Å². The Bertz CT molecular complexity index is 1650. The van der Waals surface area contributed by atoms with Gasteiger partial charge in [-0.25, -0.2) is 17.8 Å². The van der Waals surface area contributed by atoms with E-state index >= 15 is 0 Å². The van der Waals surface area contributed by atoms with Gasteiger partial charge in [-0.3, -0.25) is 9.10 Å². The quantitative estimate of drug-likeness (QED) is 0.234. The van der Waals surface area contributed by atoms with E-state index in [9.17, 15) is 30.8 Å². The number of nitrogens with zero attached hydrogens (tertiary/aromatic N) is 2. The van der Waals surface area contributed by atoms with Crippen molar-refractivity contribution in [1.82, 2.24) is 4.98 Å². The van der Waals surface area contributed by atoms with E-state index in [2.05, 4.69) is 4.98 Å². The maximum absolute atomic E-state index is 14.5. The normalized spacial score (nSPS) is 15.6. The fourth-order valence-electron chi connectivity index (χ4n) is 4.44. The van der Waals surface area contributed by atoms with Crippen LogP contribution in [0.4, 0.5) is 23.2 Å². The number of sulfonamides is 1. The summed E-state index contributed by atoms with van der Waals surface area (Å²) in [6, 6.07) is 9.02. The Labute approximate surface area is 249 Å². The molecule has 3 N–H and O–H groups in total. The zero-order chi connectivity index (χ0) is 31.5. The number of halogens is 5. The first-order valence-corrected chi connectivity index (χ1v) is 14.6. The van der Waals surface area contributed by atoms with Crippen LogP contribution in [0.5, 0.6) is 11.6 Å². The predicted molar refractivity (Wildman–Crippen MR) is 151 cm³/mol. The Kier molecular flexibility index (Phi) is 9.52. The molecule has 1 aromatic heterocycles. The number of aliphatic hydroxyl groups excluding tert-OH is 1. The Morgan fingerprint density at radius 3 is 2.67 bits per heavy atom. The summed E-state index contributed by atoms with van der Waals surface area (Å²) < 4.78 is 95.4. The first-order chi connectivity index (χ1) is 20.2. The summed E-state index contributed by atoms with van der Waals surface area (Å²) in [6.45, 7) is 0.213. The maximum Gasteiger partial charge on any atom is 0.417 e. The molecule has 0 fully saturated rings. The number of allylic oxidation sites excluding steroid dienone is 1. The van der Waals surface area contributed by atoms with Crippen molar-refractivity contribution in [3.05, 3.63) is 76.2 Å². The van der Waals surface area contributed by atoms with E-state index in [0.29, 0.717) is 23.4 Å². The van der Waals surface area contributed by atoms with Crippen LogP contribution in [0.2, 0.25) is 5.02 Å². The summed E-state index contributed by atoms with van der Waals surface area (Å²) in [4.78, 5) is 14.1. The van der Waals surface area contributed by atoms with Crippen LogP contribution < -0.4 is 19.5 Å². The van der Waals surface area contributed by atoms with Gasteiger partial charge >= 0.3 is 6.18 Å². The number of carbonyl (C=O) groups is 1. The van der Waals surface area contributed by atoms with Crippen molar-refractivity contribution >= 4 is 44.9 Å². The molecule has 4 rings (SSSR count). The molecule has 1 atom stereocenters. The van der Waals surface area contributed by atoms with Crippen molar-refractivity contribution in [3.8, 4) is 11.6 Å². The fraction of sp³-hybridized carbons (Fsp3) is 0.286.